The van der Waals surface area contributed by atoms with E-state index in [-0.39, 0.29) is 0 Å². The molecule has 0 radical (unpaired) electrons. The zero-order valence-electron chi connectivity index (χ0n) is 12.5. The Bertz CT molecular complexity index is 879. The quantitative estimate of drug-likeness (QED) is 0.416. The average molecular weight is 297 g/mol. The molecule has 0 unspecified atom stereocenters. The fraction of sp³-hybridized carbons (Fsp3) is 0. The number of hydrogen-bond donors (Lipinski definition) is 0. The van der Waals surface area contributed by atoms with Gasteiger partial charge in [0.05, 0.1) is 6.21 Å². The first-order valence-electron chi connectivity index (χ1n) is 7.58. The Balaban J connectivity index is 0.000000164. The van der Waals surface area contributed by atoms with Gasteiger partial charge in [-0.05, 0) is 45.2 Å². The molecule has 0 saturated heterocycles. The number of oxime groups is 1. The van der Waals surface area contributed by atoms with Gasteiger partial charge in [0, 0.05) is 0 Å². The summed E-state index contributed by atoms with van der Waals surface area (Å²) >= 11 is 0. The van der Waals surface area contributed by atoms with Crippen molar-refractivity contribution in [3.05, 3.63) is 85.2 Å². The summed E-state index contributed by atoms with van der Waals surface area (Å²) < 4.78 is 0. The summed E-state index contributed by atoms with van der Waals surface area (Å²) in [6, 6.07) is 21.8. The summed E-state index contributed by atoms with van der Waals surface area (Å²) in [5, 5.41) is 6.22. The van der Waals surface area contributed by atoms with Gasteiger partial charge in [-0.1, -0.05) is 71.9 Å². The number of fused-ring (bicyclic) bond motifs is 3. The molecule has 3 aromatic carbocycles. The van der Waals surface area contributed by atoms with Crippen LogP contribution in [0.4, 0.5) is 0 Å². The number of nitrogens with zero attached hydrogens (tertiary/aromatic N) is 1. The molecule has 2 nitrogen and oxygen atoms in total. The fourth-order valence-corrected chi connectivity index (χ4v) is 3.04. The topological polar surface area (TPSA) is 21.6 Å². The van der Waals surface area contributed by atoms with Crippen LogP contribution in [0, 0.1) is 0 Å². The van der Waals surface area contributed by atoms with Crippen molar-refractivity contribution < 1.29 is 4.84 Å². The third-order valence-corrected chi connectivity index (χ3v) is 3.98. The highest BCUT2D eigenvalue weighted by Gasteiger charge is 2.19. The van der Waals surface area contributed by atoms with Gasteiger partial charge >= 0.3 is 0 Å². The third kappa shape index (κ3) is 2.44. The highest BCUT2D eigenvalue weighted by atomic mass is 16.6. The molecule has 0 amide bonds. The molecule has 1 heterocycles. The highest BCUT2D eigenvalue weighted by molar-refractivity contribution is 6.15. The summed E-state index contributed by atoms with van der Waals surface area (Å²) in [4.78, 5) is 4.52. The Morgan fingerprint density at radius 1 is 0.609 bits per heavy atom. The van der Waals surface area contributed by atoms with Gasteiger partial charge in [0.1, 0.15) is 6.26 Å². The molecule has 2 heteroatoms. The van der Waals surface area contributed by atoms with E-state index >= 15 is 0 Å². The minimum Gasteiger partial charge on any atom is -0.365 e. The standard InChI is InChI=1S/C16H10.C5H5NO/c1-2-8-13-12(7-1)14-9-3-5-11-6-4-10-15(13)16(11)14;1-2-4-6-7-5-3-1/h1-10H;1-5H. The van der Waals surface area contributed by atoms with E-state index < -0.39 is 0 Å². The van der Waals surface area contributed by atoms with E-state index in [1.54, 1.807) is 18.4 Å². The lowest BCUT2D eigenvalue weighted by atomic mass is 10.0. The van der Waals surface area contributed by atoms with Gasteiger partial charge in [0.25, 0.3) is 0 Å². The number of benzene rings is 3. The lowest BCUT2D eigenvalue weighted by Gasteiger charge is -2.00. The van der Waals surface area contributed by atoms with E-state index in [4.69, 9.17) is 0 Å². The minimum atomic E-state index is 1.34. The molecule has 0 bridgehead atoms. The fourth-order valence-electron chi connectivity index (χ4n) is 3.04. The third-order valence-electron chi connectivity index (χ3n) is 3.98. The molecule has 0 saturated carbocycles. The Kier molecular flexibility index (Phi) is 3.49. The van der Waals surface area contributed by atoms with Crippen molar-refractivity contribution in [3.8, 4) is 22.3 Å². The minimum absolute atomic E-state index is 1.34. The molecule has 1 aliphatic carbocycles. The van der Waals surface area contributed by atoms with Crippen molar-refractivity contribution in [3.63, 3.8) is 0 Å². The molecular formula is C21H15NO. The van der Waals surface area contributed by atoms with Crippen LogP contribution in [0.25, 0.3) is 33.0 Å². The van der Waals surface area contributed by atoms with Gasteiger partial charge in [-0.15, -0.1) is 0 Å². The van der Waals surface area contributed by atoms with E-state index in [0.29, 0.717) is 0 Å². The van der Waals surface area contributed by atoms with Gasteiger partial charge in [-0.2, -0.15) is 0 Å². The molecule has 2 aliphatic rings. The SMILES string of the molecule is C1=CC=NOC=C1.c1ccc2c(c1)-c1cccc3cccc-2c13. The second kappa shape index (κ2) is 5.93. The maximum Gasteiger partial charge on any atom is 0.122 e. The van der Waals surface area contributed by atoms with Crippen LogP contribution in [0.1, 0.15) is 0 Å². The Morgan fingerprint density at radius 3 is 1.96 bits per heavy atom. The predicted octanol–water partition coefficient (Wildman–Crippen LogP) is 5.56. The summed E-state index contributed by atoms with van der Waals surface area (Å²) in [6.45, 7) is 0. The number of hydrogen-bond acceptors (Lipinski definition) is 2. The highest BCUT2D eigenvalue weighted by Crippen LogP contribution is 2.46. The maximum absolute atomic E-state index is 4.52. The summed E-state index contributed by atoms with van der Waals surface area (Å²) in [5.74, 6) is 0. The van der Waals surface area contributed by atoms with Crippen LogP contribution in [0.3, 0.4) is 0 Å². The molecule has 0 N–H and O–H groups in total. The van der Waals surface area contributed by atoms with Crippen LogP contribution in [0.5, 0.6) is 0 Å². The van der Waals surface area contributed by atoms with E-state index in [0.717, 1.165) is 0 Å². The van der Waals surface area contributed by atoms with Crippen molar-refractivity contribution >= 4 is 17.0 Å². The van der Waals surface area contributed by atoms with Crippen LogP contribution < -0.4 is 0 Å². The van der Waals surface area contributed by atoms with Crippen LogP contribution in [0.2, 0.25) is 0 Å². The lowest BCUT2D eigenvalue weighted by molar-refractivity contribution is 0.271. The van der Waals surface area contributed by atoms with Gasteiger partial charge in [0.2, 0.25) is 0 Å². The summed E-state index contributed by atoms with van der Waals surface area (Å²) in [5.41, 5.74) is 5.50. The molecule has 3 aromatic rings. The van der Waals surface area contributed by atoms with E-state index in [1.807, 2.05) is 6.08 Å². The molecule has 0 atom stereocenters. The van der Waals surface area contributed by atoms with E-state index in [9.17, 15) is 0 Å². The number of allylic oxidation sites excluding steroid dienone is 3. The zero-order valence-corrected chi connectivity index (χ0v) is 12.5. The van der Waals surface area contributed by atoms with E-state index in [1.165, 1.54) is 39.3 Å². The van der Waals surface area contributed by atoms with E-state index in [2.05, 4.69) is 70.7 Å². The Morgan fingerprint density at radius 2 is 1.26 bits per heavy atom. The van der Waals surface area contributed by atoms with Crippen molar-refractivity contribution in [1.29, 1.82) is 0 Å². The van der Waals surface area contributed by atoms with Crippen molar-refractivity contribution in [2.75, 3.05) is 0 Å². The molecule has 0 spiro atoms. The summed E-state index contributed by atoms with van der Waals surface area (Å²) in [6.07, 6.45) is 8.51. The van der Waals surface area contributed by atoms with Crippen molar-refractivity contribution in [1.82, 2.24) is 0 Å². The van der Waals surface area contributed by atoms with Crippen molar-refractivity contribution in [2.24, 2.45) is 5.16 Å². The molecule has 0 aromatic heterocycles. The monoisotopic (exact) mass is 297 g/mol. The first-order chi connectivity index (χ1) is 11.4. The maximum atomic E-state index is 4.52. The van der Waals surface area contributed by atoms with Crippen LogP contribution in [0.15, 0.2) is 90.3 Å². The Hall–Kier alpha value is -3.13. The molecule has 1 aliphatic heterocycles. The normalized spacial score (nSPS) is 13.0. The first-order valence-corrected chi connectivity index (χ1v) is 7.58. The summed E-state index contributed by atoms with van der Waals surface area (Å²) in [7, 11) is 0. The van der Waals surface area contributed by atoms with Crippen LogP contribution in [-0.4, -0.2) is 6.21 Å². The van der Waals surface area contributed by atoms with Crippen LogP contribution in [-0.2, 0) is 4.84 Å². The second-order valence-electron chi connectivity index (χ2n) is 5.33. The molecule has 5 rings (SSSR count). The second-order valence-corrected chi connectivity index (χ2v) is 5.33. The average Bonchev–Trinajstić information content (AvgIpc) is 2.80. The van der Waals surface area contributed by atoms with Crippen LogP contribution >= 0.6 is 0 Å². The molecule has 0 fully saturated rings. The molecule has 110 valence electrons. The van der Waals surface area contributed by atoms with Gasteiger partial charge in [-0.25, -0.2) is 0 Å². The smallest absolute Gasteiger partial charge is 0.122 e. The van der Waals surface area contributed by atoms with Crippen molar-refractivity contribution in [2.45, 2.75) is 0 Å². The molecular weight excluding hydrogens is 282 g/mol. The predicted molar refractivity (Wildman–Crippen MR) is 96.2 cm³/mol. The lowest BCUT2D eigenvalue weighted by Crippen LogP contribution is -1.73. The largest absolute Gasteiger partial charge is 0.365 e. The Labute approximate surface area is 135 Å². The van der Waals surface area contributed by atoms with Gasteiger partial charge < -0.3 is 4.84 Å². The zero-order chi connectivity index (χ0) is 15.5. The van der Waals surface area contributed by atoms with Gasteiger partial charge in [0.15, 0.2) is 0 Å². The number of rotatable bonds is 0. The van der Waals surface area contributed by atoms with Gasteiger partial charge in [-0.3, -0.25) is 0 Å². The molecule has 23 heavy (non-hydrogen) atoms. The first kappa shape index (κ1) is 13.5.